The van der Waals surface area contributed by atoms with E-state index in [9.17, 15) is 14.4 Å². The van der Waals surface area contributed by atoms with Crippen molar-refractivity contribution >= 4 is 30.4 Å². The van der Waals surface area contributed by atoms with Gasteiger partial charge in [0.15, 0.2) is 0 Å². The molecule has 6 N–H and O–H groups in total. The molecular formula is C9H17N3O5S. The molecule has 104 valence electrons. The third-order valence-electron chi connectivity index (χ3n) is 2.08. The number of rotatable bonds is 7. The molecule has 0 unspecified atom stereocenters. The minimum absolute atomic E-state index is 0.0805. The molecule has 0 radical (unpaired) electrons. The number of aliphatic hydroxyl groups excluding tert-OH is 1. The fourth-order valence-corrected chi connectivity index (χ4v) is 1.10. The fourth-order valence-electron chi connectivity index (χ4n) is 0.931. The maximum absolute atomic E-state index is 11.5. The lowest BCUT2D eigenvalue weighted by atomic mass is 10.2. The SMILES string of the molecule is C[C@H](NC(=O)[C@H](CO)NC(=O)[C@@H](N)CS)C(=O)O. The summed E-state index contributed by atoms with van der Waals surface area (Å²) in [4.78, 5) is 33.4. The van der Waals surface area contributed by atoms with Gasteiger partial charge in [-0.25, -0.2) is 0 Å². The Labute approximate surface area is 109 Å². The molecule has 0 aliphatic carbocycles. The fraction of sp³-hybridized carbons (Fsp3) is 0.667. The molecule has 18 heavy (non-hydrogen) atoms. The van der Waals surface area contributed by atoms with Crippen molar-refractivity contribution in [3.05, 3.63) is 0 Å². The predicted octanol–water partition coefficient (Wildman–Crippen LogP) is -2.69. The predicted molar refractivity (Wildman–Crippen MR) is 66.1 cm³/mol. The van der Waals surface area contributed by atoms with Gasteiger partial charge in [-0.05, 0) is 6.92 Å². The number of thiol groups is 1. The molecule has 0 aliphatic rings. The van der Waals surface area contributed by atoms with E-state index < -0.39 is 42.5 Å². The largest absolute Gasteiger partial charge is 0.480 e. The van der Waals surface area contributed by atoms with Gasteiger partial charge in [0.2, 0.25) is 11.8 Å². The first-order valence-electron chi connectivity index (χ1n) is 5.14. The Morgan fingerprint density at radius 3 is 2.22 bits per heavy atom. The Balaban J connectivity index is 4.45. The molecule has 0 aromatic rings. The number of carboxylic acids is 1. The number of aliphatic hydroxyl groups is 1. The van der Waals surface area contributed by atoms with Gasteiger partial charge in [-0.3, -0.25) is 14.4 Å². The Morgan fingerprint density at radius 2 is 1.83 bits per heavy atom. The summed E-state index contributed by atoms with van der Waals surface area (Å²) in [6.07, 6.45) is 0. The molecule has 0 fully saturated rings. The first-order valence-corrected chi connectivity index (χ1v) is 5.77. The average Bonchev–Trinajstić information content (AvgIpc) is 2.33. The lowest BCUT2D eigenvalue weighted by Gasteiger charge is -2.19. The first-order chi connectivity index (χ1) is 8.33. The zero-order valence-electron chi connectivity index (χ0n) is 9.79. The van der Waals surface area contributed by atoms with E-state index in [1.165, 1.54) is 6.92 Å². The molecule has 0 aromatic heterocycles. The summed E-state index contributed by atoms with van der Waals surface area (Å²) in [5.74, 6) is -2.59. The summed E-state index contributed by atoms with van der Waals surface area (Å²) in [7, 11) is 0. The van der Waals surface area contributed by atoms with Crippen LogP contribution in [-0.4, -0.2) is 58.5 Å². The van der Waals surface area contributed by atoms with Gasteiger partial charge in [-0.2, -0.15) is 12.6 Å². The summed E-state index contributed by atoms with van der Waals surface area (Å²) < 4.78 is 0. The first kappa shape index (κ1) is 16.7. The van der Waals surface area contributed by atoms with E-state index in [1.54, 1.807) is 0 Å². The van der Waals surface area contributed by atoms with Crippen molar-refractivity contribution in [3.63, 3.8) is 0 Å². The number of hydrogen-bond donors (Lipinski definition) is 6. The van der Waals surface area contributed by atoms with E-state index >= 15 is 0 Å². The molecule has 0 spiro atoms. The highest BCUT2D eigenvalue weighted by molar-refractivity contribution is 7.80. The highest BCUT2D eigenvalue weighted by Crippen LogP contribution is 1.90. The van der Waals surface area contributed by atoms with Crippen molar-refractivity contribution in [3.8, 4) is 0 Å². The molecule has 0 bridgehead atoms. The van der Waals surface area contributed by atoms with Crippen LogP contribution in [0, 0.1) is 0 Å². The Bertz CT molecular complexity index is 325. The van der Waals surface area contributed by atoms with Crippen LogP contribution >= 0.6 is 12.6 Å². The van der Waals surface area contributed by atoms with Crippen LogP contribution in [-0.2, 0) is 14.4 Å². The van der Waals surface area contributed by atoms with Crippen LogP contribution in [0.3, 0.4) is 0 Å². The minimum Gasteiger partial charge on any atom is -0.480 e. The second-order valence-corrected chi connectivity index (χ2v) is 3.97. The number of amides is 2. The average molecular weight is 279 g/mol. The Kier molecular flexibility index (Phi) is 7.32. The Morgan fingerprint density at radius 1 is 1.28 bits per heavy atom. The molecule has 2 amide bonds. The van der Waals surface area contributed by atoms with Gasteiger partial charge in [-0.15, -0.1) is 0 Å². The highest BCUT2D eigenvalue weighted by atomic mass is 32.1. The minimum atomic E-state index is -1.25. The topological polar surface area (TPSA) is 142 Å². The molecule has 3 atom stereocenters. The number of hydrogen-bond acceptors (Lipinski definition) is 6. The van der Waals surface area contributed by atoms with Gasteiger partial charge in [0.25, 0.3) is 0 Å². The molecule has 0 aliphatic heterocycles. The summed E-state index contributed by atoms with van der Waals surface area (Å²) >= 11 is 3.81. The van der Waals surface area contributed by atoms with Crippen LogP contribution in [0.4, 0.5) is 0 Å². The third-order valence-corrected chi connectivity index (χ3v) is 2.47. The molecule has 8 nitrogen and oxygen atoms in total. The maximum atomic E-state index is 11.5. The van der Waals surface area contributed by atoms with Crippen molar-refractivity contribution in [2.75, 3.05) is 12.4 Å². The summed E-state index contributed by atoms with van der Waals surface area (Å²) in [6, 6.07) is -3.28. The number of carbonyl (C=O) groups is 3. The van der Waals surface area contributed by atoms with Crippen molar-refractivity contribution in [2.45, 2.75) is 25.0 Å². The summed E-state index contributed by atoms with van der Waals surface area (Å²) in [6.45, 7) is 0.596. The molecule has 0 aromatic carbocycles. The Hall–Kier alpha value is -1.32. The van der Waals surface area contributed by atoms with E-state index in [-0.39, 0.29) is 5.75 Å². The molecular weight excluding hydrogens is 262 g/mol. The van der Waals surface area contributed by atoms with Crippen molar-refractivity contribution in [1.82, 2.24) is 10.6 Å². The molecule has 0 heterocycles. The normalized spacial score (nSPS) is 15.3. The van der Waals surface area contributed by atoms with Gasteiger partial charge in [-0.1, -0.05) is 0 Å². The van der Waals surface area contributed by atoms with Gasteiger partial charge in [0.05, 0.1) is 12.6 Å². The van der Waals surface area contributed by atoms with E-state index in [0.717, 1.165) is 0 Å². The van der Waals surface area contributed by atoms with Crippen molar-refractivity contribution < 1.29 is 24.6 Å². The quantitative estimate of drug-likeness (QED) is 0.280. The number of nitrogens with one attached hydrogen (secondary N) is 2. The number of carbonyl (C=O) groups excluding carboxylic acids is 2. The molecule has 0 saturated carbocycles. The molecule has 0 rings (SSSR count). The summed E-state index contributed by atoms with van der Waals surface area (Å²) in [5.41, 5.74) is 5.37. The second-order valence-electron chi connectivity index (χ2n) is 3.60. The van der Waals surface area contributed by atoms with Crippen LogP contribution in [0.15, 0.2) is 0 Å². The zero-order valence-corrected chi connectivity index (χ0v) is 10.7. The maximum Gasteiger partial charge on any atom is 0.325 e. The third kappa shape index (κ3) is 5.34. The van der Waals surface area contributed by atoms with Gasteiger partial charge in [0, 0.05) is 5.75 Å². The molecule has 0 saturated heterocycles. The lowest BCUT2D eigenvalue weighted by molar-refractivity contribution is -0.142. The van der Waals surface area contributed by atoms with Crippen LogP contribution in [0.2, 0.25) is 0 Å². The van der Waals surface area contributed by atoms with Gasteiger partial charge in [0.1, 0.15) is 12.1 Å². The van der Waals surface area contributed by atoms with E-state index in [4.69, 9.17) is 15.9 Å². The highest BCUT2D eigenvalue weighted by Gasteiger charge is 2.25. The van der Waals surface area contributed by atoms with Crippen molar-refractivity contribution in [1.29, 1.82) is 0 Å². The number of aliphatic carboxylic acids is 1. The van der Waals surface area contributed by atoms with Crippen LogP contribution in [0.1, 0.15) is 6.92 Å². The lowest BCUT2D eigenvalue weighted by Crippen LogP contribution is -2.55. The van der Waals surface area contributed by atoms with Gasteiger partial charge >= 0.3 is 5.97 Å². The van der Waals surface area contributed by atoms with E-state index in [1.807, 2.05) is 0 Å². The number of carboxylic acid groups (broad SMARTS) is 1. The van der Waals surface area contributed by atoms with Crippen LogP contribution in [0.5, 0.6) is 0 Å². The zero-order chi connectivity index (χ0) is 14.3. The smallest absolute Gasteiger partial charge is 0.325 e. The summed E-state index contributed by atoms with van der Waals surface area (Å²) in [5, 5.41) is 21.9. The number of nitrogens with two attached hydrogens (primary N) is 1. The van der Waals surface area contributed by atoms with Crippen molar-refractivity contribution in [2.24, 2.45) is 5.73 Å². The second kappa shape index (κ2) is 7.90. The van der Waals surface area contributed by atoms with Crippen LogP contribution in [0.25, 0.3) is 0 Å². The molecule has 9 heteroatoms. The monoisotopic (exact) mass is 279 g/mol. The van der Waals surface area contributed by atoms with Crippen LogP contribution < -0.4 is 16.4 Å². The van der Waals surface area contributed by atoms with E-state index in [2.05, 4.69) is 23.3 Å². The van der Waals surface area contributed by atoms with Gasteiger partial charge < -0.3 is 26.6 Å². The standard InChI is InChI=1S/C9H17N3O5S/c1-4(9(16)17)11-8(15)6(2-13)12-7(14)5(10)3-18/h4-6,13,18H,2-3,10H2,1H3,(H,11,15)(H,12,14)(H,16,17)/t4-,5-,6-/m0/s1. The van der Waals surface area contributed by atoms with E-state index in [0.29, 0.717) is 0 Å².